The number of ether oxygens (including phenoxy) is 1. The summed E-state index contributed by atoms with van der Waals surface area (Å²) in [4.78, 5) is 2.27. The van der Waals surface area contributed by atoms with Crippen LogP contribution in [0.1, 0.15) is 24.1 Å². The average Bonchev–Trinajstić information content (AvgIpc) is 2.47. The van der Waals surface area contributed by atoms with Gasteiger partial charge in [0.1, 0.15) is 5.75 Å². The van der Waals surface area contributed by atoms with Gasteiger partial charge in [0.2, 0.25) is 0 Å². The summed E-state index contributed by atoms with van der Waals surface area (Å²) in [5.74, 6) is 0.715. The van der Waals surface area contributed by atoms with E-state index in [1.54, 1.807) is 7.11 Å². The Kier molecular flexibility index (Phi) is 5.10. The monoisotopic (exact) mass is 304 g/mol. The summed E-state index contributed by atoms with van der Waals surface area (Å²) in [5.41, 5.74) is 9.03. The van der Waals surface area contributed by atoms with Crippen molar-refractivity contribution in [2.45, 2.75) is 19.5 Å². The van der Waals surface area contributed by atoms with Gasteiger partial charge in [0.05, 0.1) is 12.8 Å². The van der Waals surface area contributed by atoms with E-state index in [9.17, 15) is 0 Å². The Balaban J connectivity index is 2.08. The Morgan fingerprint density at radius 3 is 2.43 bits per heavy atom. The van der Waals surface area contributed by atoms with Crippen molar-refractivity contribution in [2.24, 2.45) is 0 Å². The number of nitrogen functional groups attached to an aromatic ring is 1. The summed E-state index contributed by atoms with van der Waals surface area (Å²) in [7, 11) is 3.72. The predicted octanol–water partition coefficient (Wildman–Crippen LogP) is 4.12. The summed E-state index contributed by atoms with van der Waals surface area (Å²) < 4.78 is 5.18. The second-order valence-electron chi connectivity index (χ2n) is 5.22. The molecule has 2 aromatic rings. The molecule has 2 rings (SSSR count). The number of anilines is 1. The van der Waals surface area contributed by atoms with E-state index >= 15 is 0 Å². The van der Waals surface area contributed by atoms with E-state index in [2.05, 4.69) is 31.0 Å². The van der Waals surface area contributed by atoms with Crippen molar-refractivity contribution < 1.29 is 4.74 Å². The van der Waals surface area contributed by atoms with Crippen LogP contribution in [0.25, 0.3) is 0 Å². The molecule has 0 heterocycles. The number of nitrogens with zero attached hydrogens (tertiary/aromatic N) is 1. The zero-order chi connectivity index (χ0) is 15.4. The van der Waals surface area contributed by atoms with Crippen molar-refractivity contribution in [3.05, 3.63) is 58.6 Å². The number of rotatable bonds is 5. The molecule has 0 saturated carbocycles. The largest absolute Gasteiger partial charge is 0.495 e. The van der Waals surface area contributed by atoms with Gasteiger partial charge in [0.25, 0.3) is 0 Å². The van der Waals surface area contributed by atoms with Crippen LogP contribution >= 0.6 is 11.6 Å². The fraction of sp³-hybridized carbons (Fsp3) is 0.294. The topological polar surface area (TPSA) is 38.5 Å². The van der Waals surface area contributed by atoms with Crippen LogP contribution in [-0.2, 0) is 6.54 Å². The van der Waals surface area contributed by atoms with Crippen LogP contribution in [0.2, 0.25) is 5.02 Å². The third-order valence-electron chi connectivity index (χ3n) is 3.74. The normalized spacial score (nSPS) is 12.4. The molecule has 0 radical (unpaired) electrons. The molecule has 0 aliphatic rings. The van der Waals surface area contributed by atoms with E-state index in [4.69, 9.17) is 22.1 Å². The Labute approximate surface area is 131 Å². The van der Waals surface area contributed by atoms with Gasteiger partial charge in [-0.05, 0) is 49.4 Å². The third-order valence-corrected chi connectivity index (χ3v) is 3.99. The fourth-order valence-electron chi connectivity index (χ4n) is 2.30. The highest BCUT2D eigenvalue weighted by Crippen LogP contribution is 2.25. The summed E-state index contributed by atoms with van der Waals surface area (Å²) in [6.45, 7) is 2.99. The summed E-state index contributed by atoms with van der Waals surface area (Å²) in [5, 5.41) is 0.761. The van der Waals surface area contributed by atoms with Crippen molar-refractivity contribution in [1.29, 1.82) is 0 Å². The van der Waals surface area contributed by atoms with Gasteiger partial charge in [0, 0.05) is 17.6 Å². The number of benzene rings is 2. The first-order chi connectivity index (χ1) is 10.0. The minimum atomic E-state index is 0.297. The molecule has 3 nitrogen and oxygen atoms in total. The fourth-order valence-corrected chi connectivity index (χ4v) is 2.43. The van der Waals surface area contributed by atoms with Crippen LogP contribution in [0.4, 0.5) is 5.69 Å². The molecule has 0 saturated heterocycles. The minimum absolute atomic E-state index is 0.297. The standard InChI is InChI=1S/C17H21ClN2O/c1-12(14-5-7-15(18)8-6-14)20(2)11-13-4-9-17(21-3)16(19)10-13/h4-10,12H,11,19H2,1-3H3. The van der Waals surface area contributed by atoms with Crippen LogP contribution < -0.4 is 10.5 Å². The molecular formula is C17H21ClN2O. The Morgan fingerprint density at radius 2 is 1.86 bits per heavy atom. The predicted molar refractivity (Wildman–Crippen MR) is 88.7 cm³/mol. The Hall–Kier alpha value is -1.71. The van der Waals surface area contributed by atoms with Gasteiger partial charge in [-0.1, -0.05) is 29.8 Å². The maximum atomic E-state index is 5.95. The lowest BCUT2D eigenvalue weighted by Crippen LogP contribution is -2.22. The van der Waals surface area contributed by atoms with Crippen LogP contribution in [-0.4, -0.2) is 19.1 Å². The molecule has 1 atom stereocenters. The third kappa shape index (κ3) is 3.90. The van der Waals surface area contributed by atoms with Crippen LogP contribution in [0.5, 0.6) is 5.75 Å². The Morgan fingerprint density at radius 1 is 1.19 bits per heavy atom. The first-order valence-electron chi connectivity index (χ1n) is 6.89. The van der Waals surface area contributed by atoms with Gasteiger partial charge >= 0.3 is 0 Å². The van der Waals surface area contributed by atoms with Gasteiger partial charge in [-0.2, -0.15) is 0 Å². The molecule has 21 heavy (non-hydrogen) atoms. The van der Waals surface area contributed by atoms with Crippen LogP contribution in [0.3, 0.4) is 0 Å². The zero-order valence-electron chi connectivity index (χ0n) is 12.6. The van der Waals surface area contributed by atoms with E-state index in [0.717, 1.165) is 17.1 Å². The minimum Gasteiger partial charge on any atom is -0.495 e. The van der Waals surface area contributed by atoms with Gasteiger partial charge in [0.15, 0.2) is 0 Å². The van der Waals surface area contributed by atoms with E-state index in [1.807, 2.05) is 30.3 Å². The molecule has 0 aromatic heterocycles. The summed E-state index contributed by atoms with van der Waals surface area (Å²) in [6.07, 6.45) is 0. The lowest BCUT2D eigenvalue weighted by atomic mass is 10.1. The van der Waals surface area contributed by atoms with Crippen molar-refractivity contribution in [3.8, 4) is 5.75 Å². The maximum absolute atomic E-state index is 5.95. The molecular weight excluding hydrogens is 284 g/mol. The molecule has 0 amide bonds. The summed E-state index contributed by atoms with van der Waals surface area (Å²) in [6, 6.07) is 14.2. The van der Waals surface area contributed by atoms with E-state index in [-0.39, 0.29) is 0 Å². The molecule has 112 valence electrons. The molecule has 0 aliphatic heterocycles. The quantitative estimate of drug-likeness (QED) is 0.844. The highest BCUT2D eigenvalue weighted by Gasteiger charge is 2.12. The molecule has 0 spiro atoms. The highest BCUT2D eigenvalue weighted by atomic mass is 35.5. The van der Waals surface area contributed by atoms with Crippen molar-refractivity contribution >= 4 is 17.3 Å². The van der Waals surface area contributed by atoms with Gasteiger partial charge in [-0.3, -0.25) is 4.90 Å². The molecule has 2 N–H and O–H groups in total. The van der Waals surface area contributed by atoms with E-state index in [1.165, 1.54) is 5.56 Å². The lowest BCUT2D eigenvalue weighted by Gasteiger charge is -2.25. The molecule has 1 unspecified atom stereocenters. The van der Waals surface area contributed by atoms with Crippen molar-refractivity contribution in [2.75, 3.05) is 19.9 Å². The van der Waals surface area contributed by atoms with Crippen LogP contribution in [0, 0.1) is 0 Å². The average molecular weight is 305 g/mol. The van der Waals surface area contributed by atoms with Gasteiger partial charge in [-0.15, -0.1) is 0 Å². The van der Waals surface area contributed by atoms with Crippen molar-refractivity contribution in [3.63, 3.8) is 0 Å². The number of hydrogen-bond acceptors (Lipinski definition) is 3. The SMILES string of the molecule is COc1ccc(CN(C)C(C)c2ccc(Cl)cc2)cc1N. The molecule has 0 bridgehead atoms. The first kappa shape index (κ1) is 15.7. The van der Waals surface area contributed by atoms with E-state index < -0.39 is 0 Å². The van der Waals surface area contributed by atoms with E-state index in [0.29, 0.717) is 17.5 Å². The second-order valence-corrected chi connectivity index (χ2v) is 5.66. The number of nitrogens with two attached hydrogens (primary N) is 1. The molecule has 0 fully saturated rings. The van der Waals surface area contributed by atoms with Crippen molar-refractivity contribution in [1.82, 2.24) is 4.90 Å². The summed E-state index contributed by atoms with van der Waals surface area (Å²) >= 11 is 5.93. The van der Waals surface area contributed by atoms with Gasteiger partial charge < -0.3 is 10.5 Å². The molecule has 0 aliphatic carbocycles. The number of methoxy groups -OCH3 is 1. The van der Waals surface area contributed by atoms with Gasteiger partial charge in [-0.25, -0.2) is 0 Å². The second kappa shape index (κ2) is 6.83. The maximum Gasteiger partial charge on any atom is 0.141 e. The molecule has 2 aromatic carbocycles. The number of hydrogen-bond donors (Lipinski definition) is 1. The number of halogens is 1. The highest BCUT2D eigenvalue weighted by molar-refractivity contribution is 6.30. The Bertz CT molecular complexity index is 598. The first-order valence-corrected chi connectivity index (χ1v) is 7.27. The molecule has 4 heteroatoms. The van der Waals surface area contributed by atoms with Crippen LogP contribution in [0.15, 0.2) is 42.5 Å². The lowest BCUT2D eigenvalue weighted by molar-refractivity contribution is 0.253. The smallest absolute Gasteiger partial charge is 0.141 e. The zero-order valence-corrected chi connectivity index (χ0v) is 13.4.